The van der Waals surface area contributed by atoms with Crippen LogP contribution in [0.3, 0.4) is 0 Å². The van der Waals surface area contributed by atoms with Gasteiger partial charge in [0.15, 0.2) is 11.4 Å². The molecule has 2 aromatic rings. The molecule has 1 saturated heterocycles. The summed E-state index contributed by atoms with van der Waals surface area (Å²) < 4.78 is 28.7. The van der Waals surface area contributed by atoms with E-state index in [0.29, 0.717) is 13.1 Å². The summed E-state index contributed by atoms with van der Waals surface area (Å²) in [5.41, 5.74) is -1.56. The van der Waals surface area contributed by atoms with Gasteiger partial charge >= 0.3 is 0 Å². The lowest BCUT2D eigenvalue weighted by molar-refractivity contribution is 0.0504. The first kappa shape index (κ1) is 20.3. The van der Waals surface area contributed by atoms with Crippen molar-refractivity contribution in [3.8, 4) is 5.75 Å². The summed E-state index contributed by atoms with van der Waals surface area (Å²) >= 11 is 5.53. The second-order valence-corrected chi connectivity index (χ2v) is 7.76. The van der Waals surface area contributed by atoms with E-state index in [4.69, 9.17) is 11.6 Å². The molecule has 0 saturated carbocycles. The number of piperidine rings is 1. The fraction of sp³-hybridized carbons (Fsp3) is 0.350. The van der Waals surface area contributed by atoms with Crippen LogP contribution in [0.4, 0.5) is 8.78 Å². The standard InChI is InChI=1S/C20H18ClF2N3O4/c21-14-13(22)5-4-10(15(14)23)7-24-19(29)12-9-25-8-11-3-1-2-6-26(11)20(30)16(25)18(28)17(12)27/h4-5,9,11,28H,1-3,6-8H2,(H,24,29)/t11-/m1/s1. The molecule has 0 unspecified atom stereocenters. The zero-order chi connectivity index (χ0) is 21.6. The molecule has 0 bridgehead atoms. The molecule has 2 amide bonds. The van der Waals surface area contributed by atoms with Gasteiger partial charge in [0.1, 0.15) is 22.2 Å². The first-order chi connectivity index (χ1) is 14.3. The first-order valence-electron chi connectivity index (χ1n) is 9.47. The number of carbonyl (C=O) groups excluding carboxylic acids is 2. The SMILES string of the molecule is O=C(NCc1ccc(F)c(Cl)c1F)c1cn2c(c(O)c1=O)C(=O)N1CCCC[C@@H]1C2. The average Bonchev–Trinajstić information content (AvgIpc) is 2.74. The second kappa shape index (κ2) is 7.71. The monoisotopic (exact) mass is 437 g/mol. The molecular formula is C20H18ClF2N3O4. The number of hydrogen-bond donors (Lipinski definition) is 2. The van der Waals surface area contributed by atoms with Crippen molar-refractivity contribution in [2.75, 3.05) is 6.54 Å². The fourth-order valence-electron chi connectivity index (χ4n) is 3.97. The molecular weight excluding hydrogens is 420 g/mol. The Morgan fingerprint density at radius 1 is 1.27 bits per heavy atom. The molecule has 0 aliphatic carbocycles. The summed E-state index contributed by atoms with van der Waals surface area (Å²) in [4.78, 5) is 39.5. The van der Waals surface area contributed by atoms with Gasteiger partial charge in [0.05, 0.1) is 0 Å². The lowest BCUT2D eigenvalue weighted by atomic mass is 9.98. The lowest BCUT2D eigenvalue weighted by Gasteiger charge is -2.40. The summed E-state index contributed by atoms with van der Waals surface area (Å²) in [7, 11) is 0. The highest BCUT2D eigenvalue weighted by Gasteiger charge is 2.37. The second-order valence-electron chi connectivity index (χ2n) is 7.39. The first-order valence-corrected chi connectivity index (χ1v) is 9.85. The smallest absolute Gasteiger partial charge is 0.274 e. The van der Waals surface area contributed by atoms with E-state index in [9.17, 15) is 28.3 Å². The molecule has 2 N–H and O–H groups in total. The highest BCUT2D eigenvalue weighted by atomic mass is 35.5. The molecule has 3 heterocycles. The highest BCUT2D eigenvalue weighted by Crippen LogP contribution is 2.29. The van der Waals surface area contributed by atoms with E-state index in [-0.39, 0.29) is 29.4 Å². The minimum atomic E-state index is -1.01. The van der Waals surface area contributed by atoms with Gasteiger partial charge < -0.3 is 19.9 Å². The van der Waals surface area contributed by atoms with Crippen molar-refractivity contribution in [2.45, 2.75) is 38.4 Å². The molecule has 1 aromatic heterocycles. The lowest BCUT2D eigenvalue weighted by Crippen LogP contribution is -2.51. The van der Waals surface area contributed by atoms with E-state index < -0.39 is 39.6 Å². The van der Waals surface area contributed by atoms with Crippen molar-refractivity contribution in [3.63, 3.8) is 0 Å². The van der Waals surface area contributed by atoms with Gasteiger partial charge in [0.2, 0.25) is 5.43 Å². The number of aromatic hydroxyl groups is 1. The van der Waals surface area contributed by atoms with E-state index in [1.165, 1.54) is 10.8 Å². The van der Waals surface area contributed by atoms with Crippen LogP contribution in [0.5, 0.6) is 5.75 Å². The molecule has 158 valence electrons. The van der Waals surface area contributed by atoms with Gasteiger partial charge in [-0.2, -0.15) is 0 Å². The van der Waals surface area contributed by atoms with Crippen molar-refractivity contribution in [2.24, 2.45) is 0 Å². The normalized spacial score (nSPS) is 18.0. The maximum Gasteiger partial charge on any atom is 0.274 e. The Morgan fingerprint density at radius 2 is 2.03 bits per heavy atom. The topological polar surface area (TPSA) is 91.6 Å². The predicted molar refractivity (Wildman–Crippen MR) is 104 cm³/mol. The summed E-state index contributed by atoms with van der Waals surface area (Å²) in [5.74, 6) is -4.01. The van der Waals surface area contributed by atoms with Gasteiger partial charge in [-0.1, -0.05) is 17.7 Å². The summed E-state index contributed by atoms with van der Waals surface area (Å²) in [6.07, 6.45) is 3.86. The highest BCUT2D eigenvalue weighted by molar-refractivity contribution is 6.30. The van der Waals surface area contributed by atoms with Gasteiger partial charge in [-0.05, 0) is 25.3 Å². The number of carbonyl (C=O) groups is 2. The van der Waals surface area contributed by atoms with Crippen molar-refractivity contribution >= 4 is 23.4 Å². The van der Waals surface area contributed by atoms with Crippen LogP contribution in [-0.2, 0) is 13.1 Å². The molecule has 4 rings (SSSR count). The predicted octanol–water partition coefficient (Wildman–Crippen LogP) is 2.42. The largest absolute Gasteiger partial charge is 0.503 e. The number of amides is 2. The minimum Gasteiger partial charge on any atom is -0.503 e. The van der Waals surface area contributed by atoms with Crippen molar-refractivity contribution < 1.29 is 23.5 Å². The number of fused-ring (bicyclic) bond motifs is 2. The number of hydrogen-bond acceptors (Lipinski definition) is 4. The number of halogens is 3. The molecule has 10 heteroatoms. The van der Waals surface area contributed by atoms with E-state index >= 15 is 0 Å². The van der Waals surface area contributed by atoms with Crippen LogP contribution in [0.1, 0.15) is 45.7 Å². The molecule has 2 aliphatic heterocycles. The van der Waals surface area contributed by atoms with Gasteiger partial charge in [-0.15, -0.1) is 0 Å². The third-order valence-corrected chi connectivity index (χ3v) is 5.90. The van der Waals surface area contributed by atoms with Gasteiger partial charge in [0, 0.05) is 37.4 Å². The zero-order valence-electron chi connectivity index (χ0n) is 15.8. The number of rotatable bonds is 3. The molecule has 0 radical (unpaired) electrons. The van der Waals surface area contributed by atoms with E-state index in [1.54, 1.807) is 4.90 Å². The molecule has 2 aliphatic rings. The number of benzene rings is 1. The Kier molecular flexibility index (Phi) is 5.23. The third-order valence-electron chi connectivity index (χ3n) is 5.55. The van der Waals surface area contributed by atoms with Crippen molar-refractivity contribution in [3.05, 3.63) is 62.0 Å². The van der Waals surface area contributed by atoms with Crippen LogP contribution in [0.2, 0.25) is 5.02 Å². The maximum atomic E-state index is 14.0. The molecule has 0 spiro atoms. The van der Waals surface area contributed by atoms with Gasteiger partial charge in [-0.25, -0.2) is 8.78 Å². The number of nitrogens with zero attached hydrogens (tertiary/aromatic N) is 2. The van der Waals surface area contributed by atoms with Crippen molar-refractivity contribution in [1.29, 1.82) is 0 Å². The molecule has 1 fully saturated rings. The summed E-state index contributed by atoms with van der Waals surface area (Å²) in [5, 5.41) is 12.0. The van der Waals surface area contributed by atoms with Gasteiger partial charge in [0.25, 0.3) is 11.8 Å². The van der Waals surface area contributed by atoms with Crippen molar-refractivity contribution in [1.82, 2.24) is 14.8 Å². The Hall–Kier alpha value is -2.94. The van der Waals surface area contributed by atoms with Crippen LogP contribution in [0, 0.1) is 11.6 Å². The zero-order valence-corrected chi connectivity index (χ0v) is 16.5. The van der Waals surface area contributed by atoms with E-state index in [0.717, 1.165) is 31.4 Å². The van der Waals surface area contributed by atoms with Crippen LogP contribution in [0.15, 0.2) is 23.1 Å². The van der Waals surface area contributed by atoms with Crippen LogP contribution >= 0.6 is 11.6 Å². The molecule has 1 atom stereocenters. The third kappa shape index (κ3) is 3.32. The molecule has 1 aromatic carbocycles. The average molecular weight is 438 g/mol. The van der Waals surface area contributed by atoms with Crippen LogP contribution in [-0.4, -0.2) is 39.0 Å². The van der Waals surface area contributed by atoms with E-state index in [1.807, 2.05) is 0 Å². The Bertz CT molecular complexity index is 1120. The molecule has 7 nitrogen and oxygen atoms in total. The Labute approximate surface area is 174 Å². The number of pyridine rings is 1. The minimum absolute atomic E-state index is 0.0629. The van der Waals surface area contributed by atoms with Gasteiger partial charge in [-0.3, -0.25) is 14.4 Å². The fourth-order valence-corrected chi connectivity index (χ4v) is 4.16. The Morgan fingerprint density at radius 3 is 2.80 bits per heavy atom. The van der Waals surface area contributed by atoms with Crippen LogP contribution < -0.4 is 10.7 Å². The summed E-state index contributed by atoms with van der Waals surface area (Å²) in [6.45, 7) is 0.574. The number of nitrogens with one attached hydrogen (secondary N) is 1. The number of aromatic nitrogens is 1. The molecule has 30 heavy (non-hydrogen) atoms. The quantitative estimate of drug-likeness (QED) is 0.721. The van der Waals surface area contributed by atoms with Crippen LogP contribution in [0.25, 0.3) is 0 Å². The Balaban J connectivity index is 1.62. The van der Waals surface area contributed by atoms with E-state index in [2.05, 4.69) is 5.32 Å². The summed E-state index contributed by atoms with van der Waals surface area (Å²) in [6, 6.07) is 2.03. The maximum absolute atomic E-state index is 14.0.